The number of carbonyl (C=O) groups excluding carboxylic acids is 1. The molecule has 0 aliphatic heterocycles. The van der Waals surface area contributed by atoms with Crippen LogP contribution >= 0.6 is 11.6 Å². The molecule has 6 nitrogen and oxygen atoms in total. The molecule has 0 aliphatic rings. The number of rotatable bonds is 7. The number of benzene rings is 2. The molecule has 174 valence electrons. The van der Waals surface area contributed by atoms with Crippen LogP contribution in [0.5, 0.6) is 11.6 Å². The highest BCUT2D eigenvalue weighted by Gasteiger charge is 2.19. The van der Waals surface area contributed by atoms with Gasteiger partial charge >= 0.3 is 0 Å². The van der Waals surface area contributed by atoms with Crippen LogP contribution in [0.15, 0.2) is 66.2 Å². The minimum Gasteiger partial charge on any atom is -0.437 e. The zero-order chi connectivity index (χ0) is 24.5. The number of aromatic nitrogens is 1. The van der Waals surface area contributed by atoms with E-state index in [2.05, 4.69) is 21.6 Å². The summed E-state index contributed by atoms with van der Waals surface area (Å²) >= 11 is 5.61. The van der Waals surface area contributed by atoms with Gasteiger partial charge in [-0.3, -0.25) is 13.9 Å². The van der Waals surface area contributed by atoms with E-state index in [1.807, 2.05) is 0 Å². The summed E-state index contributed by atoms with van der Waals surface area (Å²) in [7, 11) is -1.79. The van der Waals surface area contributed by atoms with E-state index in [1.54, 1.807) is 37.3 Å². The first kappa shape index (κ1) is 25.9. The highest BCUT2D eigenvalue weighted by Crippen LogP contribution is 2.31. The summed E-state index contributed by atoms with van der Waals surface area (Å²) in [5, 5.41) is 2.45. The van der Waals surface area contributed by atoms with Gasteiger partial charge in [0.05, 0.1) is 7.18 Å². The maximum absolute atomic E-state index is 14.1. The van der Waals surface area contributed by atoms with Crippen molar-refractivity contribution in [1.82, 2.24) is 4.98 Å². The van der Waals surface area contributed by atoms with E-state index >= 15 is 0 Å². The average molecular weight is 498 g/mol. The van der Waals surface area contributed by atoms with Crippen molar-refractivity contribution >= 4 is 39.9 Å². The molecule has 11 heteroatoms. The molecule has 3 rings (SSSR count). The van der Waals surface area contributed by atoms with Gasteiger partial charge in [-0.25, -0.2) is 18.0 Å². The zero-order valence-electron chi connectivity index (χ0n) is 17.5. The largest absolute Gasteiger partial charge is 0.437 e. The topological polar surface area (TPSA) is 80.3 Å². The molecule has 33 heavy (non-hydrogen) atoms. The van der Waals surface area contributed by atoms with E-state index < -0.39 is 27.5 Å². The number of nitrogens with zero attached hydrogens (tertiary/aromatic N) is 1. The second-order valence-electron chi connectivity index (χ2n) is 6.25. The van der Waals surface area contributed by atoms with Crippen molar-refractivity contribution in [3.05, 3.63) is 83.5 Å². The molecule has 1 atom stereocenters. The molecule has 0 fully saturated rings. The third-order valence-electron chi connectivity index (χ3n) is 3.86. The van der Waals surface area contributed by atoms with E-state index in [-0.39, 0.29) is 22.5 Å². The molecule has 0 radical (unpaired) electrons. The Hall–Kier alpha value is -3.37. The Bertz CT molecular complexity index is 1150. The Balaban J connectivity index is 0.00000187. The molecule has 1 heterocycles. The van der Waals surface area contributed by atoms with E-state index in [1.165, 1.54) is 6.20 Å². The molecule has 3 aromatic rings. The van der Waals surface area contributed by atoms with Gasteiger partial charge in [0.1, 0.15) is 28.0 Å². The lowest BCUT2D eigenvalue weighted by molar-refractivity contribution is -0.111. The summed E-state index contributed by atoms with van der Waals surface area (Å²) in [4.78, 5) is 14.8. The van der Waals surface area contributed by atoms with Crippen LogP contribution in [0.2, 0.25) is 5.02 Å². The van der Waals surface area contributed by atoms with E-state index in [9.17, 15) is 22.2 Å². The predicted molar refractivity (Wildman–Crippen MR) is 123 cm³/mol. The lowest BCUT2D eigenvalue weighted by atomic mass is 10.3. The van der Waals surface area contributed by atoms with Crippen LogP contribution in [-0.4, -0.2) is 22.3 Å². The van der Waals surface area contributed by atoms with Gasteiger partial charge in [0.2, 0.25) is 11.8 Å². The minimum absolute atomic E-state index is 0.0385. The molecule has 1 amide bonds. The van der Waals surface area contributed by atoms with Gasteiger partial charge in [0.25, 0.3) is 0 Å². The summed E-state index contributed by atoms with van der Waals surface area (Å²) in [5.41, 5.74) is 1.39. The second-order valence-corrected chi connectivity index (χ2v) is 7.84. The highest BCUT2D eigenvalue weighted by atomic mass is 35.5. The Morgan fingerprint density at radius 3 is 2.33 bits per heavy atom. The average Bonchev–Trinajstić information content (AvgIpc) is 2.77. The molecule has 2 aromatic carbocycles. The number of aryl methyl sites for hydroxylation is 1. The third kappa shape index (κ3) is 7.06. The Kier molecular flexibility index (Phi) is 9.43. The van der Waals surface area contributed by atoms with Crippen LogP contribution in [0, 0.1) is 18.6 Å². The summed E-state index contributed by atoms with van der Waals surface area (Å²) in [6.07, 6.45) is 2.66. The van der Waals surface area contributed by atoms with Gasteiger partial charge in [0, 0.05) is 16.9 Å². The number of nitrogens with one attached hydrogen (secondary N) is 2. The van der Waals surface area contributed by atoms with Crippen molar-refractivity contribution in [1.29, 1.82) is 0 Å². The molecule has 0 bridgehead atoms. The van der Waals surface area contributed by atoms with Crippen LogP contribution in [0.4, 0.5) is 24.5 Å². The lowest BCUT2D eigenvalue weighted by Gasteiger charge is -2.13. The summed E-state index contributed by atoms with van der Waals surface area (Å²) in [5.74, 6) is -2.04. The number of alkyl halides is 1. The third-order valence-corrected chi connectivity index (χ3v) is 5.25. The zero-order valence-corrected chi connectivity index (χ0v) is 19.1. The lowest BCUT2D eigenvalue weighted by Crippen LogP contribution is -2.10. The molecular formula is C22H19ClF3N3O3S. The number of ether oxygens (including phenoxy) is 1. The summed E-state index contributed by atoms with van der Waals surface area (Å²) in [6.45, 7) is 5.12. The Labute approximate surface area is 196 Å². The van der Waals surface area contributed by atoms with Crippen molar-refractivity contribution in [2.45, 2.75) is 11.8 Å². The van der Waals surface area contributed by atoms with Gasteiger partial charge in [-0.15, -0.1) is 0 Å². The monoisotopic (exact) mass is 497 g/mol. The minimum atomic E-state index is -2.29. The van der Waals surface area contributed by atoms with Crippen molar-refractivity contribution in [3.8, 4) is 11.6 Å². The first-order chi connectivity index (χ1) is 15.8. The van der Waals surface area contributed by atoms with Crippen molar-refractivity contribution in [3.63, 3.8) is 0 Å². The SMILES string of the molecule is C=CC(=O)Nc1ccc(Oc2ncc(C)cc2NS(=O)c2c(F)cc(Cl)cc2F)cc1.CF. The predicted octanol–water partition coefficient (Wildman–Crippen LogP) is 5.96. The number of halogens is 4. The first-order valence-corrected chi connectivity index (χ1v) is 10.7. The molecule has 0 aliphatic carbocycles. The van der Waals surface area contributed by atoms with Gasteiger partial charge in [0.15, 0.2) is 11.0 Å². The van der Waals surface area contributed by atoms with E-state index in [4.69, 9.17) is 16.3 Å². The van der Waals surface area contributed by atoms with Crippen molar-refractivity contribution < 1.29 is 26.9 Å². The smallest absolute Gasteiger partial charge is 0.247 e. The quantitative estimate of drug-likeness (QED) is 0.395. The van der Waals surface area contributed by atoms with Gasteiger partial charge in [-0.2, -0.15) is 0 Å². The second kappa shape index (κ2) is 12.0. The fourth-order valence-corrected chi connectivity index (χ4v) is 3.59. The summed E-state index contributed by atoms with van der Waals surface area (Å²) in [6, 6.07) is 9.70. The molecule has 1 aromatic heterocycles. The van der Waals surface area contributed by atoms with Gasteiger partial charge in [-0.05, 0) is 61.0 Å². The number of hydrogen-bond donors (Lipinski definition) is 2. The summed E-state index contributed by atoms with van der Waals surface area (Å²) < 4.78 is 58.6. The molecule has 2 N–H and O–H groups in total. The van der Waals surface area contributed by atoms with E-state index in [0.717, 1.165) is 18.2 Å². The Morgan fingerprint density at radius 1 is 1.15 bits per heavy atom. The number of carbonyl (C=O) groups is 1. The fraction of sp³-hybridized carbons (Fsp3) is 0.0909. The number of anilines is 2. The Morgan fingerprint density at radius 2 is 1.76 bits per heavy atom. The van der Waals surface area contributed by atoms with Crippen LogP contribution in [-0.2, 0) is 15.8 Å². The standard InChI is InChI=1S/C21H16ClF2N3O3S.CH3F/c1-3-19(28)26-14-4-6-15(7-5-14)30-21-18(8-12(2)11-25-21)27-31(29)20-16(23)9-13(22)10-17(20)24;1-2/h3-11,27H,1H2,2H3,(H,26,28);1H3. The molecular weight excluding hydrogens is 479 g/mol. The molecule has 0 saturated carbocycles. The first-order valence-electron chi connectivity index (χ1n) is 9.15. The fourth-order valence-electron chi connectivity index (χ4n) is 2.48. The van der Waals surface area contributed by atoms with Crippen molar-refractivity contribution in [2.75, 3.05) is 17.2 Å². The van der Waals surface area contributed by atoms with Crippen LogP contribution < -0.4 is 14.8 Å². The van der Waals surface area contributed by atoms with Crippen LogP contribution in [0.1, 0.15) is 5.56 Å². The van der Waals surface area contributed by atoms with Crippen LogP contribution in [0.25, 0.3) is 0 Å². The highest BCUT2D eigenvalue weighted by molar-refractivity contribution is 7.86. The normalized spacial score (nSPS) is 11.0. The molecule has 0 spiro atoms. The van der Waals surface area contributed by atoms with Crippen molar-refractivity contribution in [2.24, 2.45) is 0 Å². The maximum atomic E-state index is 14.1. The van der Waals surface area contributed by atoms with Gasteiger partial charge in [-0.1, -0.05) is 18.2 Å². The van der Waals surface area contributed by atoms with Gasteiger partial charge < -0.3 is 10.1 Å². The number of amides is 1. The number of pyridine rings is 1. The number of hydrogen-bond acceptors (Lipinski definition) is 4. The maximum Gasteiger partial charge on any atom is 0.247 e. The van der Waals surface area contributed by atoms with Crippen LogP contribution in [0.3, 0.4) is 0 Å². The molecule has 1 unspecified atom stereocenters. The molecule has 0 saturated heterocycles. The van der Waals surface area contributed by atoms with E-state index in [0.29, 0.717) is 24.2 Å².